The Morgan fingerprint density at radius 2 is 2.10 bits per heavy atom. The van der Waals surface area contributed by atoms with Gasteiger partial charge in [0.15, 0.2) is 0 Å². The number of rotatable bonds is 3. The van der Waals surface area contributed by atoms with Crippen LogP contribution in [0.3, 0.4) is 0 Å². The topological polar surface area (TPSA) is 78.1 Å². The molecule has 6 nitrogen and oxygen atoms in total. The van der Waals surface area contributed by atoms with Crippen LogP contribution in [0.1, 0.15) is 37.1 Å². The van der Waals surface area contributed by atoms with Crippen molar-refractivity contribution in [2.75, 3.05) is 13.1 Å². The molecule has 2 aliphatic rings. The van der Waals surface area contributed by atoms with Crippen molar-refractivity contribution in [3.63, 3.8) is 0 Å². The molecule has 0 amide bonds. The quantitative estimate of drug-likeness (QED) is 0.870. The summed E-state index contributed by atoms with van der Waals surface area (Å²) in [5, 5.41) is 6.72. The number of aromatic nitrogens is 2. The van der Waals surface area contributed by atoms with Gasteiger partial charge in [-0.05, 0) is 52.6 Å². The Bertz CT molecular complexity index is 576. The average Bonchev–Trinajstić information content (AvgIpc) is 2.95. The van der Waals surface area contributed by atoms with Crippen molar-refractivity contribution < 1.29 is 8.42 Å². The van der Waals surface area contributed by atoms with Gasteiger partial charge >= 0.3 is 0 Å². The first-order chi connectivity index (χ1) is 9.47. The highest BCUT2D eigenvalue weighted by atomic mass is 32.2. The second-order valence-corrected chi connectivity index (χ2v) is 7.59. The van der Waals surface area contributed by atoms with E-state index in [2.05, 4.69) is 19.8 Å². The van der Waals surface area contributed by atoms with Crippen molar-refractivity contribution in [1.29, 1.82) is 0 Å². The number of aryl methyl sites for hydroxylation is 2. The number of H-pyrrole nitrogens is 1. The molecular weight excluding hydrogens is 276 g/mol. The van der Waals surface area contributed by atoms with Crippen LogP contribution in [0, 0.1) is 13.8 Å². The van der Waals surface area contributed by atoms with E-state index in [0.717, 1.165) is 19.4 Å². The van der Waals surface area contributed by atoms with Crippen LogP contribution in [0.4, 0.5) is 0 Å². The molecule has 2 N–H and O–H groups in total. The normalized spacial score (nSPS) is 27.7. The third-order valence-corrected chi connectivity index (χ3v) is 6.25. The highest BCUT2D eigenvalue weighted by Gasteiger charge is 2.34. The van der Waals surface area contributed by atoms with Crippen LogP contribution in [0.25, 0.3) is 0 Å². The van der Waals surface area contributed by atoms with Gasteiger partial charge in [-0.1, -0.05) is 0 Å². The van der Waals surface area contributed by atoms with Gasteiger partial charge in [0.05, 0.1) is 11.4 Å². The summed E-state index contributed by atoms with van der Waals surface area (Å²) >= 11 is 0. The summed E-state index contributed by atoms with van der Waals surface area (Å²) in [4.78, 5) is 2.80. The SMILES string of the molecule is Cc1n[nH]c(C)c1S(=O)(=O)NC1CCN2CCCC2C1. The van der Waals surface area contributed by atoms with E-state index >= 15 is 0 Å². The molecule has 0 aromatic carbocycles. The van der Waals surface area contributed by atoms with Crippen molar-refractivity contribution in [2.24, 2.45) is 0 Å². The van der Waals surface area contributed by atoms with Crippen molar-refractivity contribution in [3.05, 3.63) is 11.4 Å². The Kier molecular flexibility index (Phi) is 3.60. The minimum absolute atomic E-state index is 0.0491. The molecule has 2 atom stereocenters. The molecule has 0 saturated carbocycles. The van der Waals surface area contributed by atoms with Crippen LogP contribution >= 0.6 is 0 Å². The Morgan fingerprint density at radius 3 is 2.80 bits per heavy atom. The Balaban J connectivity index is 1.74. The summed E-state index contributed by atoms with van der Waals surface area (Å²) in [6.07, 6.45) is 4.26. The Morgan fingerprint density at radius 1 is 1.30 bits per heavy atom. The molecule has 1 aromatic rings. The van der Waals surface area contributed by atoms with Gasteiger partial charge in [-0.25, -0.2) is 13.1 Å². The summed E-state index contributed by atoms with van der Waals surface area (Å²) in [6, 6.07) is 0.607. The molecule has 2 saturated heterocycles. The maximum Gasteiger partial charge on any atom is 0.244 e. The number of fused-ring (bicyclic) bond motifs is 1. The summed E-state index contributed by atoms with van der Waals surface area (Å²) in [6.45, 7) is 5.64. The van der Waals surface area contributed by atoms with Crippen LogP contribution in [0.5, 0.6) is 0 Å². The molecule has 112 valence electrons. The van der Waals surface area contributed by atoms with Crippen molar-refractivity contribution in [3.8, 4) is 0 Å². The van der Waals surface area contributed by atoms with Crippen LogP contribution in [0.15, 0.2) is 4.90 Å². The third kappa shape index (κ3) is 2.49. The zero-order chi connectivity index (χ0) is 14.3. The summed E-state index contributed by atoms with van der Waals surface area (Å²) in [5.74, 6) is 0. The standard InChI is InChI=1S/C13H22N4O2S/c1-9-13(10(2)15-14-9)20(18,19)16-11-5-7-17-6-3-4-12(17)8-11/h11-12,16H,3-8H2,1-2H3,(H,14,15). The van der Waals surface area contributed by atoms with E-state index in [0.29, 0.717) is 22.3 Å². The van der Waals surface area contributed by atoms with E-state index in [4.69, 9.17) is 0 Å². The highest BCUT2D eigenvalue weighted by molar-refractivity contribution is 7.89. The maximum absolute atomic E-state index is 12.5. The van der Waals surface area contributed by atoms with E-state index in [-0.39, 0.29) is 6.04 Å². The van der Waals surface area contributed by atoms with E-state index in [9.17, 15) is 8.42 Å². The van der Waals surface area contributed by atoms with Crippen LogP contribution in [-0.4, -0.2) is 48.7 Å². The molecule has 3 rings (SSSR count). The fraction of sp³-hybridized carbons (Fsp3) is 0.769. The van der Waals surface area contributed by atoms with Crippen LogP contribution in [0.2, 0.25) is 0 Å². The molecule has 2 fully saturated rings. The van der Waals surface area contributed by atoms with E-state index in [1.807, 2.05) is 0 Å². The van der Waals surface area contributed by atoms with Crippen LogP contribution < -0.4 is 4.72 Å². The zero-order valence-electron chi connectivity index (χ0n) is 12.0. The number of aromatic amines is 1. The molecule has 0 bridgehead atoms. The molecular formula is C13H22N4O2S. The molecule has 7 heteroatoms. The van der Waals surface area contributed by atoms with E-state index in [1.54, 1.807) is 13.8 Å². The van der Waals surface area contributed by atoms with Gasteiger partial charge in [-0.15, -0.1) is 0 Å². The Hall–Kier alpha value is -0.920. The molecule has 0 radical (unpaired) electrons. The number of nitrogens with one attached hydrogen (secondary N) is 2. The second-order valence-electron chi connectivity index (χ2n) is 5.94. The molecule has 2 aliphatic heterocycles. The van der Waals surface area contributed by atoms with Crippen molar-refractivity contribution in [1.82, 2.24) is 19.8 Å². The minimum Gasteiger partial charge on any atom is -0.300 e. The number of nitrogens with zero attached hydrogens (tertiary/aromatic N) is 2. The molecule has 0 aliphatic carbocycles. The first-order valence-electron chi connectivity index (χ1n) is 7.25. The highest BCUT2D eigenvalue weighted by Crippen LogP contribution is 2.28. The molecule has 3 heterocycles. The summed E-state index contributed by atoms with van der Waals surface area (Å²) in [7, 11) is -3.47. The smallest absolute Gasteiger partial charge is 0.244 e. The van der Waals surface area contributed by atoms with E-state index < -0.39 is 10.0 Å². The van der Waals surface area contributed by atoms with E-state index in [1.165, 1.54) is 19.4 Å². The number of piperidine rings is 1. The summed E-state index contributed by atoms with van der Waals surface area (Å²) < 4.78 is 27.9. The molecule has 1 aromatic heterocycles. The number of hydrogen-bond acceptors (Lipinski definition) is 4. The third-order valence-electron chi connectivity index (χ3n) is 4.47. The maximum atomic E-state index is 12.5. The average molecular weight is 298 g/mol. The van der Waals surface area contributed by atoms with Gasteiger partial charge in [0.25, 0.3) is 0 Å². The lowest BCUT2D eigenvalue weighted by Crippen LogP contribution is -2.47. The van der Waals surface area contributed by atoms with Gasteiger partial charge in [0.2, 0.25) is 10.0 Å². The Labute approximate surface area is 120 Å². The first kappa shape index (κ1) is 14.0. The number of hydrogen-bond donors (Lipinski definition) is 2. The van der Waals surface area contributed by atoms with Crippen molar-refractivity contribution >= 4 is 10.0 Å². The van der Waals surface area contributed by atoms with Gasteiger partial charge in [0.1, 0.15) is 4.90 Å². The lowest BCUT2D eigenvalue weighted by Gasteiger charge is -2.34. The predicted molar refractivity (Wildman–Crippen MR) is 76.0 cm³/mol. The lowest BCUT2D eigenvalue weighted by molar-refractivity contribution is 0.176. The molecule has 20 heavy (non-hydrogen) atoms. The fourth-order valence-electron chi connectivity index (χ4n) is 3.55. The summed E-state index contributed by atoms with van der Waals surface area (Å²) in [5.41, 5.74) is 1.14. The fourth-order valence-corrected chi connectivity index (χ4v) is 5.20. The van der Waals surface area contributed by atoms with Gasteiger partial charge < -0.3 is 4.90 Å². The van der Waals surface area contributed by atoms with Gasteiger partial charge in [0, 0.05) is 12.1 Å². The predicted octanol–water partition coefficient (Wildman–Crippen LogP) is 0.932. The minimum atomic E-state index is -3.47. The second kappa shape index (κ2) is 5.13. The first-order valence-corrected chi connectivity index (χ1v) is 8.73. The van der Waals surface area contributed by atoms with Crippen LogP contribution in [-0.2, 0) is 10.0 Å². The largest absolute Gasteiger partial charge is 0.300 e. The number of sulfonamides is 1. The van der Waals surface area contributed by atoms with Gasteiger partial charge in [-0.2, -0.15) is 5.10 Å². The molecule has 0 spiro atoms. The zero-order valence-corrected chi connectivity index (χ0v) is 12.8. The monoisotopic (exact) mass is 298 g/mol. The molecule has 2 unspecified atom stereocenters. The van der Waals surface area contributed by atoms with Crippen molar-refractivity contribution in [2.45, 2.75) is 56.5 Å². The lowest BCUT2D eigenvalue weighted by atomic mass is 9.99. The van der Waals surface area contributed by atoms with Gasteiger partial charge in [-0.3, -0.25) is 5.10 Å².